The van der Waals surface area contributed by atoms with E-state index in [9.17, 15) is 4.79 Å². The number of carbonyl (C=O) groups is 1. The average Bonchev–Trinajstić information content (AvgIpc) is 2.91. The molecule has 0 saturated heterocycles. The molecule has 0 radical (unpaired) electrons. The topological polar surface area (TPSA) is 67.1 Å². The van der Waals surface area contributed by atoms with Crippen LogP contribution in [0.1, 0.15) is 20.8 Å². The summed E-state index contributed by atoms with van der Waals surface area (Å²) in [5, 5.41) is 4.95. The van der Waals surface area contributed by atoms with Gasteiger partial charge in [-0.2, -0.15) is 0 Å². The van der Waals surface area contributed by atoms with Gasteiger partial charge in [-0.1, -0.05) is 17.7 Å². The van der Waals surface area contributed by atoms with E-state index in [-0.39, 0.29) is 5.91 Å². The van der Waals surface area contributed by atoms with Crippen LogP contribution in [0.4, 0.5) is 5.69 Å². The van der Waals surface area contributed by atoms with Gasteiger partial charge < -0.3 is 10.7 Å². The Morgan fingerprint density at radius 2 is 2.21 bits per heavy atom. The monoisotopic (exact) mass is 275 g/mol. The lowest BCUT2D eigenvalue weighted by Crippen LogP contribution is -2.27. The number of benzene rings is 1. The van der Waals surface area contributed by atoms with Gasteiger partial charge in [-0.05, 0) is 36.9 Å². The second-order valence-corrected chi connectivity index (χ2v) is 5.31. The van der Waals surface area contributed by atoms with Crippen LogP contribution in [-0.4, -0.2) is 12.5 Å². The van der Waals surface area contributed by atoms with Crippen molar-refractivity contribution in [2.75, 3.05) is 12.0 Å². The summed E-state index contributed by atoms with van der Waals surface area (Å²) in [4.78, 5) is 13.4. The van der Waals surface area contributed by atoms with Gasteiger partial charge in [0.25, 0.3) is 5.91 Å². The van der Waals surface area contributed by atoms with E-state index in [1.807, 2.05) is 36.6 Å². The highest BCUT2D eigenvalue weighted by atomic mass is 32.1. The van der Waals surface area contributed by atoms with Gasteiger partial charge in [0, 0.05) is 11.4 Å². The van der Waals surface area contributed by atoms with Crippen LogP contribution >= 0.6 is 11.3 Å². The number of hydrogen-bond acceptors (Lipinski definition) is 4. The Balaban J connectivity index is 1.97. The largest absolute Gasteiger partial charge is 0.352 e. The number of thiophene rings is 1. The summed E-state index contributed by atoms with van der Waals surface area (Å²) in [6.07, 6.45) is 0.848. The van der Waals surface area contributed by atoms with Gasteiger partial charge in [-0.25, -0.2) is 0 Å². The van der Waals surface area contributed by atoms with Crippen LogP contribution in [0.3, 0.4) is 0 Å². The van der Waals surface area contributed by atoms with Gasteiger partial charge >= 0.3 is 0 Å². The minimum Gasteiger partial charge on any atom is -0.352 e. The van der Waals surface area contributed by atoms with Gasteiger partial charge in [-0.3, -0.25) is 10.6 Å². The lowest BCUT2D eigenvalue weighted by atomic mass is 10.1. The summed E-state index contributed by atoms with van der Waals surface area (Å²) < 4.78 is 0. The molecule has 0 bridgehead atoms. The predicted octanol–water partition coefficient (Wildman–Crippen LogP) is 2.31. The molecule has 100 valence electrons. The van der Waals surface area contributed by atoms with E-state index in [2.05, 4.69) is 16.8 Å². The first-order chi connectivity index (χ1) is 9.20. The number of hydrogen-bond donors (Lipinski definition) is 3. The van der Waals surface area contributed by atoms with Gasteiger partial charge in [-0.15, -0.1) is 11.3 Å². The average molecular weight is 275 g/mol. The first-order valence-electron chi connectivity index (χ1n) is 6.08. The number of nitrogen functional groups attached to an aromatic ring is 1. The van der Waals surface area contributed by atoms with Crippen molar-refractivity contribution in [2.45, 2.75) is 13.3 Å². The number of anilines is 1. The maximum Gasteiger partial charge on any atom is 0.253 e. The number of aryl methyl sites for hydroxylation is 1. The van der Waals surface area contributed by atoms with Gasteiger partial charge in [0.1, 0.15) is 0 Å². The van der Waals surface area contributed by atoms with E-state index < -0.39 is 0 Å². The van der Waals surface area contributed by atoms with Crippen LogP contribution in [0.5, 0.6) is 0 Å². The zero-order valence-corrected chi connectivity index (χ0v) is 11.6. The molecule has 0 aliphatic rings. The molecule has 4 nitrogen and oxygen atoms in total. The van der Waals surface area contributed by atoms with Gasteiger partial charge in [0.2, 0.25) is 0 Å². The van der Waals surface area contributed by atoms with Crippen LogP contribution in [0.2, 0.25) is 0 Å². The third kappa shape index (κ3) is 3.56. The van der Waals surface area contributed by atoms with Crippen molar-refractivity contribution in [1.29, 1.82) is 0 Å². The highest BCUT2D eigenvalue weighted by molar-refractivity contribution is 7.09. The summed E-state index contributed by atoms with van der Waals surface area (Å²) in [7, 11) is 0. The summed E-state index contributed by atoms with van der Waals surface area (Å²) in [6.45, 7) is 2.57. The molecular formula is C14H17N3OS. The maximum atomic E-state index is 12.1. The number of rotatable bonds is 5. The van der Waals surface area contributed by atoms with Crippen LogP contribution in [-0.2, 0) is 6.42 Å². The molecule has 2 rings (SSSR count). The molecule has 0 atom stereocenters. The first-order valence-corrected chi connectivity index (χ1v) is 6.96. The lowest BCUT2D eigenvalue weighted by molar-refractivity contribution is 0.0955. The smallest absolute Gasteiger partial charge is 0.253 e. The quantitative estimate of drug-likeness (QED) is 0.579. The van der Waals surface area contributed by atoms with Gasteiger partial charge in [0.15, 0.2) is 0 Å². The normalized spacial score (nSPS) is 10.2. The fraction of sp³-hybridized carbons (Fsp3) is 0.214. The zero-order valence-electron chi connectivity index (χ0n) is 10.8. The summed E-state index contributed by atoms with van der Waals surface area (Å²) in [5.41, 5.74) is 4.79. The van der Waals surface area contributed by atoms with E-state index in [0.717, 1.165) is 12.0 Å². The molecule has 1 aromatic heterocycles. The first kappa shape index (κ1) is 13.6. The Bertz CT molecular complexity index is 552. The van der Waals surface area contributed by atoms with E-state index in [1.54, 1.807) is 11.3 Å². The predicted molar refractivity (Wildman–Crippen MR) is 79.3 cm³/mol. The lowest BCUT2D eigenvalue weighted by Gasteiger charge is -2.10. The Morgan fingerprint density at radius 3 is 2.89 bits per heavy atom. The highest BCUT2D eigenvalue weighted by Crippen LogP contribution is 2.16. The van der Waals surface area contributed by atoms with Crippen LogP contribution < -0.4 is 16.6 Å². The Morgan fingerprint density at radius 1 is 1.37 bits per heavy atom. The molecule has 0 unspecified atom stereocenters. The van der Waals surface area contributed by atoms with Crippen molar-refractivity contribution in [2.24, 2.45) is 5.84 Å². The standard InChI is InChI=1S/C14H17N3OS/c1-10-4-5-13(17-15)12(9-10)14(18)16-7-6-11-3-2-8-19-11/h2-5,8-9,17H,6-7,15H2,1H3,(H,16,18). The fourth-order valence-electron chi connectivity index (χ4n) is 1.82. The third-order valence-corrected chi connectivity index (χ3v) is 3.75. The molecule has 0 spiro atoms. The molecule has 0 saturated carbocycles. The second kappa shape index (κ2) is 6.36. The minimum atomic E-state index is -0.104. The van der Waals surface area contributed by atoms with Crippen LogP contribution in [0.15, 0.2) is 35.7 Å². The molecule has 0 fully saturated rings. The Hall–Kier alpha value is -1.85. The number of nitrogens with two attached hydrogens (primary N) is 1. The summed E-state index contributed by atoms with van der Waals surface area (Å²) >= 11 is 1.70. The van der Waals surface area contributed by atoms with Crippen molar-refractivity contribution in [3.63, 3.8) is 0 Å². The zero-order chi connectivity index (χ0) is 13.7. The molecule has 1 heterocycles. The van der Waals surface area contributed by atoms with Crippen molar-refractivity contribution < 1.29 is 4.79 Å². The maximum absolute atomic E-state index is 12.1. The summed E-state index contributed by atoms with van der Waals surface area (Å²) in [5.74, 6) is 5.31. The Labute approximate surface area is 116 Å². The molecule has 5 heteroatoms. The number of carbonyl (C=O) groups excluding carboxylic acids is 1. The number of nitrogens with one attached hydrogen (secondary N) is 2. The van der Waals surface area contributed by atoms with Crippen molar-refractivity contribution in [3.05, 3.63) is 51.7 Å². The van der Waals surface area contributed by atoms with E-state index in [1.165, 1.54) is 4.88 Å². The molecule has 1 aromatic carbocycles. The molecule has 2 aromatic rings. The number of hydrazine groups is 1. The molecular weight excluding hydrogens is 258 g/mol. The number of amides is 1. The molecule has 1 amide bonds. The van der Waals surface area contributed by atoms with Gasteiger partial charge in [0.05, 0.1) is 11.3 Å². The summed E-state index contributed by atoms with van der Waals surface area (Å²) in [6, 6.07) is 9.63. The third-order valence-electron chi connectivity index (χ3n) is 2.81. The van der Waals surface area contributed by atoms with Crippen molar-refractivity contribution in [1.82, 2.24) is 5.32 Å². The highest BCUT2D eigenvalue weighted by Gasteiger charge is 2.10. The van der Waals surface area contributed by atoms with Crippen LogP contribution in [0.25, 0.3) is 0 Å². The SMILES string of the molecule is Cc1ccc(NN)c(C(=O)NCCc2cccs2)c1. The van der Waals surface area contributed by atoms with E-state index >= 15 is 0 Å². The fourth-order valence-corrected chi connectivity index (χ4v) is 2.53. The van der Waals surface area contributed by atoms with E-state index in [0.29, 0.717) is 17.8 Å². The molecule has 0 aliphatic carbocycles. The minimum absolute atomic E-state index is 0.104. The molecule has 0 aliphatic heterocycles. The molecule has 4 N–H and O–H groups in total. The van der Waals surface area contributed by atoms with Crippen LogP contribution in [0, 0.1) is 6.92 Å². The molecule has 19 heavy (non-hydrogen) atoms. The Kier molecular flexibility index (Phi) is 4.54. The van der Waals surface area contributed by atoms with Crippen molar-refractivity contribution >= 4 is 22.9 Å². The van der Waals surface area contributed by atoms with E-state index in [4.69, 9.17) is 5.84 Å². The van der Waals surface area contributed by atoms with Crippen molar-refractivity contribution in [3.8, 4) is 0 Å². The second-order valence-electron chi connectivity index (χ2n) is 4.28.